The molecule has 0 spiro atoms. The third-order valence-corrected chi connectivity index (χ3v) is 5.32. The first-order valence-electron chi connectivity index (χ1n) is 7.35. The molecule has 1 aromatic heterocycles. The van der Waals surface area contributed by atoms with Crippen LogP contribution in [0.25, 0.3) is 0 Å². The summed E-state index contributed by atoms with van der Waals surface area (Å²) < 4.78 is 2.11. The Morgan fingerprint density at radius 3 is 3.10 bits per heavy atom. The summed E-state index contributed by atoms with van der Waals surface area (Å²) in [5.41, 5.74) is 2.79. The molecule has 4 rings (SSSR count). The minimum absolute atomic E-state index is 0.598. The number of fused-ring (bicyclic) bond motifs is 1. The summed E-state index contributed by atoms with van der Waals surface area (Å²) in [4.78, 5) is 1.44. The van der Waals surface area contributed by atoms with Gasteiger partial charge >= 0.3 is 0 Å². The van der Waals surface area contributed by atoms with Gasteiger partial charge in [-0.05, 0) is 24.5 Å². The van der Waals surface area contributed by atoms with Crippen LogP contribution in [0.3, 0.4) is 0 Å². The first kappa shape index (κ1) is 12.5. The van der Waals surface area contributed by atoms with Crippen LogP contribution in [0, 0.1) is 0 Å². The molecule has 4 heteroatoms. The molecule has 2 heterocycles. The van der Waals surface area contributed by atoms with E-state index < -0.39 is 0 Å². The van der Waals surface area contributed by atoms with E-state index in [1.165, 1.54) is 34.6 Å². The van der Waals surface area contributed by atoms with E-state index in [2.05, 4.69) is 45.6 Å². The van der Waals surface area contributed by atoms with E-state index in [0.717, 1.165) is 19.1 Å². The lowest BCUT2D eigenvalue weighted by atomic mass is 10.0. The van der Waals surface area contributed by atoms with Gasteiger partial charge in [0.15, 0.2) is 0 Å². The molecule has 1 N–H and O–H groups in total. The maximum Gasteiger partial charge on any atom is 0.0534 e. The van der Waals surface area contributed by atoms with E-state index in [1.54, 1.807) is 0 Å². The predicted octanol–water partition coefficient (Wildman–Crippen LogP) is 3.02. The Morgan fingerprint density at radius 2 is 2.20 bits per heavy atom. The van der Waals surface area contributed by atoms with Crippen LogP contribution in [0.1, 0.15) is 29.9 Å². The van der Waals surface area contributed by atoms with Crippen LogP contribution in [0.2, 0.25) is 0 Å². The molecule has 1 atom stereocenters. The molecule has 1 aromatic carbocycles. The van der Waals surface area contributed by atoms with Crippen molar-refractivity contribution >= 4 is 11.8 Å². The van der Waals surface area contributed by atoms with Gasteiger partial charge in [-0.3, -0.25) is 4.68 Å². The number of hydrogen-bond donors (Lipinski definition) is 1. The fraction of sp³-hybridized carbons (Fsp3) is 0.438. The van der Waals surface area contributed by atoms with Gasteiger partial charge in [0.05, 0.1) is 6.20 Å². The number of rotatable bonds is 5. The van der Waals surface area contributed by atoms with Crippen molar-refractivity contribution < 1.29 is 0 Å². The minimum atomic E-state index is 0.598. The van der Waals surface area contributed by atoms with E-state index in [9.17, 15) is 0 Å². The molecule has 0 bridgehead atoms. The van der Waals surface area contributed by atoms with Crippen LogP contribution in [-0.4, -0.2) is 21.6 Å². The highest BCUT2D eigenvalue weighted by atomic mass is 32.2. The molecular formula is C16H19N3S. The fourth-order valence-electron chi connectivity index (χ4n) is 2.75. The summed E-state index contributed by atoms with van der Waals surface area (Å²) in [5.74, 6) is 1.77. The Balaban J connectivity index is 1.41. The second-order valence-corrected chi connectivity index (χ2v) is 6.83. The van der Waals surface area contributed by atoms with E-state index in [4.69, 9.17) is 0 Å². The molecule has 3 nitrogen and oxygen atoms in total. The van der Waals surface area contributed by atoms with Crippen LogP contribution in [-0.2, 0) is 13.1 Å². The van der Waals surface area contributed by atoms with Gasteiger partial charge < -0.3 is 5.32 Å². The van der Waals surface area contributed by atoms with Crippen molar-refractivity contribution in [3.05, 3.63) is 47.8 Å². The Kier molecular flexibility index (Phi) is 3.28. The van der Waals surface area contributed by atoms with E-state index in [-0.39, 0.29) is 0 Å². The predicted molar refractivity (Wildman–Crippen MR) is 82.0 cm³/mol. The standard InChI is InChI=1S/C16H19N3S/c1-2-4-16-15(3-1)13(11-20-16)10-19-9-12(8-18-19)7-17-14-5-6-14/h1-4,8-9,13-14,17H,5-7,10-11H2. The summed E-state index contributed by atoms with van der Waals surface area (Å²) in [5, 5.41) is 8.06. The van der Waals surface area contributed by atoms with Crippen LogP contribution in [0.15, 0.2) is 41.6 Å². The fourth-order valence-corrected chi connectivity index (χ4v) is 4.00. The molecule has 1 saturated carbocycles. The molecule has 0 radical (unpaired) electrons. The van der Waals surface area contributed by atoms with Crippen LogP contribution in [0.4, 0.5) is 0 Å². The summed E-state index contributed by atoms with van der Waals surface area (Å²) in [6.07, 6.45) is 6.87. The lowest BCUT2D eigenvalue weighted by Gasteiger charge is -2.10. The highest BCUT2D eigenvalue weighted by molar-refractivity contribution is 7.99. The molecular weight excluding hydrogens is 266 g/mol. The number of benzene rings is 1. The van der Waals surface area contributed by atoms with Crippen LogP contribution < -0.4 is 5.32 Å². The molecule has 20 heavy (non-hydrogen) atoms. The number of thioether (sulfide) groups is 1. The lowest BCUT2D eigenvalue weighted by Crippen LogP contribution is -2.14. The summed E-state index contributed by atoms with van der Waals surface area (Å²) in [6, 6.07) is 9.53. The second kappa shape index (κ2) is 5.26. The topological polar surface area (TPSA) is 29.9 Å². The first-order chi connectivity index (χ1) is 9.88. The Hall–Kier alpha value is -1.26. The number of nitrogens with zero attached hydrogens (tertiary/aromatic N) is 2. The van der Waals surface area contributed by atoms with Gasteiger partial charge in [-0.15, -0.1) is 11.8 Å². The minimum Gasteiger partial charge on any atom is -0.310 e. The largest absolute Gasteiger partial charge is 0.310 e. The van der Waals surface area contributed by atoms with Gasteiger partial charge in [0.2, 0.25) is 0 Å². The third kappa shape index (κ3) is 2.63. The normalized spacial score (nSPS) is 21.1. The highest BCUT2D eigenvalue weighted by Crippen LogP contribution is 2.39. The molecule has 1 fully saturated rings. The molecule has 2 aliphatic rings. The quantitative estimate of drug-likeness (QED) is 0.916. The zero-order chi connectivity index (χ0) is 13.4. The molecule has 1 unspecified atom stereocenters. The lowest BCUT2D eigenvalue weighted by molar-refractivity contribution is 0.548. The summed E-state index contributed by atoms with van der Waals surface area (Å²) in [6.45, 7) is 1.95. The van der Waals surface area contributed by atoms with Gasteiger partial charge in [0, 0.05) is 47.5 Å². The zero-order valence-corrected chi connectivity index (χ0v) is 12.3. The van der Waals surface area contributed by atoms with Gasteiger partial charge in [-0.25, -0.2) is 0 Å². The molecule has 2 aromatic rings. The summed E-state index contributed by atoms with van der Waals surface area (Å²) in [7, 11) is 0. The van der Waals surface area contributed by atoms with Crippen LogP contribution >= 0.6 is 11.8 Å². The Bertz CT molecular complexity index is 603. The smallest absolute Gasteiger partial charge is 0.0534 e. The summed E-state index contributed by atoms with van der Waals surface area (Å²) >= 11 is 1.97. The zero-order valence-electron chi connectivity index (χ0n) is 11.5. The molecule has 1 aliphatic heterocycles. The van der Waals surface area contributed by atoms with E-state index in [0.29, 0.717) is 5.92 Å². The second-order valence-electron chi connectivity index (χ2n) is 5.77. The Morgan fingerprint density at radius 1 is 1.30 bits per heavy atom. The van der Waals surface area contributed by atoms with Crippen molar-refractivity contribution in [1.29, 1.82) is 0 Å². The third-order valence-electron chi connectivity index (χ3n) is 4.07. The average molecular weight is 285 g/mol. The van der Waals surface area contributed by atoms with Gasteiger partial charge in [0.1, 0.15) is 0 Å². The molecule has 0 amide bonds. The number of hydrogen-bond acceptors (Lipinski definition) is 3. The van der Waals surface area contributed by atoms with Crippen molar-refractivity contribution in [3.8, 4) is 0 Å². The van der Waals surface area contributed by atoms with Gasteiger partial charge in [0.25, 0.3) is 0 Å². The van der Waals surface area contributed by atoms with Gasteiger partial charge in [-0.1, -0.05) is 18.2 Å². The first-order valence-corrected chi connectivity index (χ1v) is 8.33. The SMILES string of the molecule is c1ccc2c(c1)SCC2Cn1cc(CNC2CC2)cn1. The number of aromatic nitrogens is 2. The average Bonchev–Trinajstić information content (AvgIpc) is 3.06. The highest BCUT2D eigenvalue weighted by Gasteiger charge is 2.23. The maximum absolute atomic E-state index is 4.52. The van der Waals surface area contributed by atoms with Gasteiger partial charge in [-0.2, -0.15) is 5.10 Å². The van der Waals surface area contributed by atoms with E-state index in [1.807, 2.05) is 18.0 Å². The van der Waals surface area contributed by atoms with Crippen molar-refractivity contribution in [2.24, 2.45) is 0 Å². The molecule has 104 valence electrons. The maximum atomic E-state index is 4.52. The Labute approximate surface area is 123 Å². The number of nitrogens with one attached hydrogen (secondary N) is 1. The van der Waals surface area contributed by atoms with Crippen LogP contribution in [0.5, 0.6) is 0 Å². The van der Waals surface area contributed by atoms with Crippen molar-refractivity contribution in [3.63, 3.8) is 0 Å². The van der Waals surface area contributed by atoms with Crippen molar-refractivity contribution in [1.82, 2.24) is 15.1 Å². The monoisotopic (exact) mass is 285 g/mol. The van der Waals surface area contributed by atoms with Crippen molar-refractivity contribution in [2.45, 2.75) is 42.8 Å². The van der Waals surface area contributed by atoms with E-state index >= 15 is 0 Å². The molecule has 1 aliphatic carbocycles. The van der Waals surface area contributed by atoms with Crippen molar-refractivity contribution in [2.75, 3.05) is 5.75 Å². The molecule has 0 saturated heterocycles.